The van der Waals surface area contributed by atoms with E-state index in [1.165, 1.54) is 18.0 Å². The molecule has 0 bridgehead atoms. The number of aromatic nitrogens is 2. The van der Waals surface area contributed by atoms with Gasteiger partial charge in [-0.05, 0) is 15.9 Å². The second-order valence-corrected chi connectivity index (χ2v) is 5.53. The van der Waals surface area contributed by atoms with Crippen LogP contribution >= 0.6 is 27.7 Å². The molecule has 0 aromatic carbocycles. The molecule has 0 amide bonds. The summed E-state index contributed by atoms with van der Waals surface area (Å²) in [5.41, 5.74) is -0.474. The van der Waals surface area contributed by atoms with Crippen LogP contribution in [0.4, 0.5) is 18.9 Å². The molecule has 1 N–H and O–H groups in total. The van der Waals surface area contributed by atoms with Gasteiger partial charge in [0, 0.05) is 12.3 Å². The molecule has 0 fully saturated rings. The van der Waals surface area contributed by atoms with Gasteiger partial charge in [0.15, 0.2) is 0 Å². The average molecular weight is 370 g/mol. The number of terminal acetylenes is 1. The fourth-order valence-corrected chi connectivity index (χ4v) is 2.22. The van der Waals surface area contributed by atoms with Crippen LogP contribution in [0.2, 0.25) is 0 Å². The van der Waals surface area contributed by atoms with Gasteiger partial charge in [0.1, 0.15) is 11.0 Å². The maximum Gasteiger partial charge on any atom is 0.408 e. The van der Waals surface area contributed by atoms with E-state index in [9.17, 15) is 18.0 Å². The van der Waals surface area contributed by atoms with E-state index in [4.69, 9.17) is 6.42 Å². The van der Waals surface area contributed by atoms with Crippen molar-refractivity contribution in [1.82, 2.24) is 9.78 Å². The lowest BCUT2D eigenvalue weighted by Gasteiger charge is -2.11. The maximum atomic E-state index is 12.2. The zero-order valence-electron chi connectivity index (χ0n) is 10.2. The van der Waals surface area contributed by atoms with E-state index >= 15 is 0 Å². The number of nitrogens with one attached hydrogen (secondary N) is 1. The fourth-order valence-electron chi connectivity index (χ4n) is 1.26. The van der Waals surface area contributed by atoms with Gasteiger partial charge in [-0.1, -0.05) is 5.92 Å². The second kappa shape index (κ2) is 7.59. The Labute approximate surface area is 126 Å². The molecule has 0 saturated carbocycles. The summed E-state index contributed by atoms with van der Waals surface area (Å²) >= 11 is 4.51. The molecule has 1 rings (SSSR count). The Balaban J connectivity index is 2.70. The van der Waals surface area contributed by atoms with Crippen LogP contribution in [0.3, 0.4) is 0 Å². The van der Waals surface area contributed by atoms with Crippen molar-refractivity contribution in [3.8, 4) is 12.3 Å². The van der Waals surface area contributed by atoms with Crippen molar-refractivity contribution in [3.05, 3.63) is 21.0 Å². The molecule has 20 heavy (non-hydrogen) atoms. The minimum atomic E-state index is -4.49. The number of halogens is 4. The molecule has 0 spiro atoms. The molecule has 1 heterocycles. The standard InChI is InChI=1S/C11H11BrF3N3OS/c1-2-4-20-5-3-16-8-6-17-18(7-11(13,14)15)10(19)9(8)12/h1,6,16H,3-5,7H2. The van der Waals surface area contributed by atoms with E-state index in [0.29, 0.717) is 28.4 Å². The SMILES string of the molecule is C#CCSCCNc1cnn(CC(F)(F)F)c(=O)c1Br. The fraction of sp³-hybridized carbons (Fsp3) is 0.455. The normalized spacial score (nSPS) is 11.2. The quantitative estimate of drug-likeness (QED) is 0.617. The Morgan fingerprint density at radius 2 is 2.25 bits per heavy atom. The summed E-state index contributed by atoms with van der Waals surface area (Å²) in [4.78, 5) is 11.7. The highest BCUT2D eigenvalue weighted by Crippen LogP contribution is 2.19. The van der Waals surface area contributed by atoms with Crippen LogP contribution in [0, 0.1) is 12.3 Å². The molecule has 110 valence electrons. The Morgan fingerprint density at radius 1 is 1.55 bits per heavy atom. The molecular formula is C11H11BrF3N3OS. The Morgan fingerprint density at radius 3 is 2.85 bits per heavy atom. The summed E-state index contributed by atoms with van der Waals surface area (Å²) in [6.45, 7) is -0.891. The first kappa shape index (κ1) is 16.9. The minimum absolute atomic E-state index is 0.0266. The van der Waals surface area contributed by atoms with E-state index in [-0.39, 0.29) is 4.47 Å². The van der Waals surface area contributed by atoms with Crippen LogP contribution in [-0.2, 0) is 6.54 Å². The first-order chi connectivity index (χ1) is 9.35. The lowest BCUT2D eigenvalue weighted by Crippen LogP contribution is -2.31. The van der Waals surface area contributed by atoms with Crippen molar-refractivity contribution in [2.24, 2.45) is 0 Å². The van der Waals surface area contributed by atoms with Gasteiger partial charge in [-0.3, -0.25) is 4.79 Å². The third-order valence-electron chi connectivity index (χ3n) is 2.06. The van der Waals surface area contributed by atoms with Gasteiger partial charge in [0.2, 0.25) is 0 Å². The van der Waals surface area contributed by atoms with Gasteiger partial charge >= 0.3 is 6.18 Å². The van der Waals surface area contributed by atoms with E-state index in [2.05, 4.69) is 32.3 Å². The summed E-state index contributed by atoms with van der Waals surface area (Å²) in [5, 5.41) is 6.40. The van der Waals surface area contributed by atoms with Gasteiger partial charge < -0.3 is 5.32 Å². The van der Waals surface area contributed by atoms with Crippen LogP contribution in [0.25, 0.3) is 0 Å². The van der Waals surface area contributed by atoms with E-state index in [0.717, 1.165) is 0 Å². The molecule has 9 heteroatoms. The Hall–Kier alpha value is -1.14. The highest BCUT2D eigenvalue weighted by Gasteiger charge is 2.29. The van der Waals surface area contributed by atoms with Crippen molar-refractivity contribution in [2.45, 2.75) is 12.7 Å². The zero-order valence-corrected chi connectivity index (χ0v) is 12.6. The van der Waals surface area contributed by atoms with Crippen LogP contribution in [0.1, 0.15) is 0 Å². The minimum Gasteiger partial charge on any atom is -0.382 e. The summed E-state index contributed by atoms with van der Waals surface area (Å²) < 4.78 is 37.1. The number of hydrogen-bond acceptors (Lipinski definition) is 4. The van der Waals surface area contributed by atoms with Crippen molar-refractivity contribution in [1.29, 1.82) is 0 Å². The molecule has 4 nitrogen and oxygen atoms in total. The molecule has 0 aliphatic rings. The zero-order chi connectivity index (χ0) is 15.2. The van der Waals surface area contributed by atoms with Crippen LogP contribution in [0.15, 0.2) is 15.5 Å². The molecule has 1 aromatic heterocycles. The predicted octanol–water partition coefficient (Wildman–Crippen LogP) is 2.35. The molecule has 0 atom stereocenters. The molecule has 1 aromatic rings. The van der Waals surface area contributed by atoms with Crippen molar-refractivity contribution >= 4 is 33.4 Å². The second-order valence-electron chi connectivity index (χ2n) is 3.63. The summed E-state index contributed by atoms with van der Waals surface area (Å²) in [6.07, 6.45) is 1.78. The topological polar surface area (TPSA) is 46.9 Å². The van der Waals surface area contributed by atoms with Crippen LogP contribution < -0.4 is 10.9 Å². The molecule has 0 radical (unpaired) electrons. The first-order valence-electron chi connectivity index (χ1n) is 5.42. The van der Waals surface area contributed by atoms with Gasteiger partial charge in [-0.2, -0.15) is 18.3 Å². The van der Waals surface area contributed by atoms with Crippen molar-refractivity contribution in [2.75, 3.05) is 23.4 Å². The van der Waals surface area contributed by atoms with E-state index in [1.54, 1.807) is 0 Å². The highest BCUT2D eigenvalue weighted by atomic mass is 79.9. The predicted molar refractivity (Wildman–Crippen MR) is 76.9 cm³/mol. The monoisotopic (exact) mass is 369 g/mol. The maximum absolute atomic E-state index is 12.2. The number of thioether (sulfide) groups is 1. The molecular weight excluding hydrogens is 359 g/mol. The average Bonchev–Trinajstić information content (AvgIpc) is 2.36. The van der Waals surface area contributed by atoms with Gasteiger partial charge in [-0.25, -0.2) is 4.68 Å². The smallest absolute Gasteiger partial charge is 0.382 e. The lowest BCUT2D eigenvalue weighted by molar-refractivity contribution is -0.143. The van der Waals surface area contributed by atoms with Crippen LogP contribution in [0.5, 0.6) is 0 Å². The molecule has 0 aliphatic carbocycles. The Kier molecular flexibility index (Phi) is 6.42. The largest absolute Gasteiger partial charge is 0.408 e. The number of alkyl halides is 3. The highest BCUT2D eigenvalue weighted by molar-refractivity contribution is 9.10. The van der Waals surface area contributed by atoms with Crippen LogP contribution in [-0.4, -0.2) is 34.0 Å². The Bertz CT molecular complexity index is 553. The summed E-state index contributed by atoms with van der Waals surface area (Å²) in [5.74, 6) is 3.76. The van der Waals surface area contributed by atoms with Gasteiger partial charge in [0.05, 0.1) is 17.6 Å². The summed E-state index contributed by atoms with van der Waals surface area (Å²) in [7, 11) is 0. The van der Waals surface area contributed by atoms with Crippen molar-refractivity contribution in [3.63, 3.8) is 0 Å². The lowest BCUT2D eigenvalue weighted by atomic mass is 10.4. The molecule has 0 unspecified atom stereocenters. The van der Waals surface area contributed by atoms with E-state index < -0.39 is 18.3 Å². The summed E-state index contributed by atoms with van der Waals surface area (Å²) in [6, 6.07) is 0. The number of rotatable bonds is 6. The van der Waals surface area contributed by atoms with Gasteiger partial charge in [0.25, 0.3) is 5.56 Å². The van der Waals surface area contributed by atoms with Gasteiger partial charge in [-0.15, -0.1) is 18.2 Å². The third kappa shape index (κ3) is 5.46. The number of anilines is 1. The molecule has 0 aliphatic heterocycles. The number of hydrogen-bond donors (Lipinski definition) is 1. The first-order valence-corrected chi connectivity index (χ1v) is 7.37. The van der Waals surface area contributed by atoms with E-state index in [1.807, 2.05) is 0 Å². The molecule has 0 saturated heterocycles. The number of nitrogens with zero attached hydrogens (tertiary/aromatic N) is 2. The van der Waals surface area contributed by atoms with Crippen molar-refractivity contribution < 1.29 is 13.2 Å². The third-order valence-corrected chi connectivity index (χ3v) is 3.69.